The van der Waals surface area contributed by atoms with E-state index < -0.39 is 12.0 Å². The smallest absolute Gasteiger partial charge is 0.303 e. The first-order valence-electron chi connectivity index (χ1n) is 23.9. The Morgan fingerprint density at radius 3 is 1.53 bits per heavy atom. The van der Waals surface area contributed by atoms with Crippen molar-refractivity contribution in [3.63, 3.8) is 0 Å². The maximum Gasteiger partial charge on any atom is 0.303 e. The van der Waals surface area contributed by atoms with Crippen LogP contribution >= 0.6 is 0 Å². The molecule has 0 unspecified atom stereocenters. The Balaban J connectivity index is 0.000000187. The zero-order valence-electron chi connectivity index (χ0n) is 36.7. The number of aliphatic hydroxyl groups is 2. The second-order valence-electron chi connectivity index (χ2n) is 22.6. The van der Waals surface area contributed by atoms with Gasteiger partial charge < -0.3 is 20.1 Å². The van der Waals surface area contributed by atoms with Gasteiger partial charge in [0.2, 0.25) is 0 Å². The number of carboxylic acids is 1. The van der Waals surface area contributed by atoms with Crippen molar-refractivity contribution >= 4 is 11.8 Å². The van der Waals surface area contributed by atoms with Gasteiger partial charge in [-0.2, -0.15) is 0 Å². The fraction of sp³-hybridized carbons (Fsp3) is 0.960. The Morgan fingerprint density at radius 2 is 1.04 bits per heavy atom. The molecule has 5 heteroatoms. The van der Waals surface area contributed by atoms with E-state index in [2.05, 4.69) is 41.5 Å². The van der Waals surface area contributed by atoms with Crippen LogP contribution in [0.1, 0.15) is 199 Å². The molecule has 0 aromatic rings. The summed E-state index contributed by atoms with van der Waals surface area (Å²) in [5.41, 5.74) is 1.69. The van der Waals surface area contributed by atoms with Crippen molar-refractivity contribution in [1.82, 2.24) is 0 Å². The largest absolute Gasteiger partial charge is 0.481 e. The van der Waals surface area contributed by atoms with Crippen LogP contribution in [0.15, 0.2) is 0 Å². The van der Waals surface area contributed by atoms with E-state index in [1.54, 1.807) is 6.92 Å². The van der Waals surface area contributed by atoms with Gasteiger partial charge in [-0.3, -0.25) is 4.79 Å². The summed E-state index contributed by atoms with van der Waals surface area (Å²) in [5, 5.41) is 29.6. The molecule has 0 spiro atoms. The summed E-state index contributed by atoms with van der Waals surface area (Å²) < 4.78 is 8.17. The number of hydrogen-bond donors (Lipinski definition) is 3. The predicted molar refractivity (Wildman–Crippen MR) is 224 cm³/mol. The molecule has 8 aliphatic rings. The van der Waals surface area contributed by atoms with Gasteiger partial charge in [0.25, 0.3) is 0 Å². The highest BCUT2D eigenvalue weighted by Crippen LogP contribution is 2.70. The number of rotatable bonds is 8. The Hall–Kier alpha value is -0.940. The minimum Gasteiger partial charge on any atom is -0.481 e. The molecular formula is C50H86O5. The van der Waals surface area contributed by atoms with Gasteiger partial charge in [0.05, 0.1) is 13.6 Å². The Bertz CT molecular complexity index is 1400. The summed E-state index contributed by atoms with van der Waals surface area (Å²) in [6.07, 6.45) is 23.5. The molecule has 0 bridgehead atoms. The standard InChI is InChI=1S/C25H42O2.C24H40O3.CH4/c1-16(5-6-17(2)26)21-9-10-22-20-8-7-18-15-19(27)11-13-24(18,3)23(20)12-14-25(21,22)4;1-15(4-9-22(26)27)19-7-8-20-18-6-5-16-14-17(25)10-12-23(16,2)21(18)11-13-24(19,20)3;/h16,18-23,27H,5-15H2,1-4H3;15-21,25H,4-14H2,1-3H3,(H,26,27);1H4/t16-,18-,19+,20+,21-,22+,23+,24+,25-;15-,16-,17+,18+,19-,20+,21+,23+,24-;/m11./s1/i;17D;. The van der Waals surface area contributed by atoms with E-state index in [1.807, 2.05) is 0 Å². The fourth-order valence-electron chi connectivity index (χ4n) is 17.4. The van der Waals surface area contributed by atoms with Crippen molar-refractivity contribution in [1.29, 1.82) is 0 Å². The summed E-state index contributed by atoms with van der Waals surface area (Å²) in [7, 11) is 0. The first-order valence-corrected chi connectivity index (χ1v) is 23.4. The molecule has 8 fully saturated rings. The Kier molecular flexibility index (Phi) is 12.7. The summed E-state index contributed by atoms with van der Waals surface area (Å²) >= 11 is 0. The number of aliphatic carboxylic acids is 1. The molecule has 0 saturated heterocycles. The van der Waals surface area contributed by atoms with E-state index in [0.717, 1.165) is 85.9 Å². The zero-order valence-corrected chi connectivity index (χ0v) is 35.7. The van der Waals surface area contributed by atoms with Gasteiger partial charge in [-0.1, -0.05) is 49.0 Å². The first kappa shape index (κ1) is 42.2. The fourth-order valence-corrected chi connectivity index (χ4v) is 17.4. The first-order chi connectivity index (χ1) is 25.8. The number of hydrogen-bond acceptors (Lipinski definition) is 4. The highest BCUT2D eigenvalue weighted by atomic mass is 16.4. The third kappa shape index (κ3) is 7.81. The molecule has 18 atom stereocenters. The molecule has 0 aliphatic heterocycles. The minimum absolute atomic E-state index is 0. The summed E-state index contributed by atoms with van der Waals surface area (Å²) in [6, 6.07) is 0. The van der Waals surface area contributed by atoms with E-state index in [4.69, 9.17) is 6.48 Å². The normalized spacial score (nSPS) is 51.1. The number of carbonyl (C=O) groups is 2. The van der Waals surface area contributed by atoms with Crippen LogP contribution in [0, 0.1) is 92.7 Å². The van der Waals surface area contributed by atoms with E-state index in [-0.39, 0.29) is 13.5 Å². The summed E-state index contributed by atoms with van der Waals surface area (Å²) in [4.78, 5) is 22.5. The van der Waals surface area contributed by atoms with Gasteiger partial charge in [-0.25, -0.2) is 0 Å². The summed E-state index contributed by atoms with van der Waals surface area (Å²) in [5.74, 6) is 8.74. The Labute approximate surface area is 339 Å². The average molecular weight is 768 g/mol. The van der Waals surface area contributed by atoms with E-state index >= 15 is 0 Å². The van der Waals surface area contributed by atoms with Crippen molar-refractivity contribution in [3.05, 3.63) is 0 Å². The van der Waals surface area contributed by atoms with E-state index in [9.17, 15) is 19.8 Å². The molecule has 3 N–H and O–H groups in total. The SMILES string of the molecule is C.CC(=O)CC[C@@H](C)[C@H]1CC[C@H]2[C@@H]3CC[C@@H]4C[C@@H](O)CC[C@]4(C)[C@H]3CC[C@]12C.[2H][C@]1(O)CC[C@@]2(C)[C@H](CC[C@@H]3[C@@H]2CC[C@]2(C)[C@@H]([C@H](C)CCC(=O)O)CC[C@@H]32)C1. The topological polar surface area (TPSA) is 94.8 Å². The third-order valence-corrected chi connectivity index (χ3v) is 20.4. The average Bonchev–Trinajstić information content (AvgIpc) is 3.67. The van der Waals surface area contributed by atoms with Gasteiger partial charge in [0.15, 0.2) is 0 Å². The highest BCUT2D eigenvalue weighted by Gasteiger charge is 2.62. The molecule has 5 nitrogen and oxygen atoms in total. The molecule has 55 heavy (non-hydrogen) atoms. The molecule has 8 saturated carbocycles. The second-order valence-corrected chi connectivity index (χ2v) is 22.6. The van der Waals surface area contributed by atoms with Gasteiger partial charge in [0.1, 0.15) is 5.78 Å². The van der Waals surface area contributed by atoms with Crippen LogP contribution in [0.5, 0.6) is 0 Å². The number of ketones is 1. The third-order valence-electron chi connectivity index (χ3n) is 20.4. The van der Waals surface area contributed by atoms with Gasteiger partial charge in [-0.15, -0.1) is 0 Å². The lowest BCUT2D eigenvalue weighted by molar-refractivity contribution is -0.138. The lowest BCUT2D eigenvalue weighted by Gasteiger charge is -2.61. The molecular weight excluding hydrogens is 681 g/mol. The molecule has 0 aromatic heterocycles. The monoisotopic (exact) mass is 768 g/mol. The molecule has 316 valence electrons. The van der Waals surface area contributed by atoms with Crippen LogP contribution in [0.3, 0.4) is 0 Å². The van der Waals surface area contributed by atoms with Crippen LogP contribution in [-0.4, -0.2) is 39.3 Å². The molecule has 8 rings (SSSR count). The summed E-state index contributed by atoms with van der Waals surface area (Å²) in [6.45, 7) is 16.7. The molecule has 8 aliphatic carbocycles. The van der Waals surface area contributed by atoms with Crippen molar-refractivity contribution in [2.45, 2.75) is 209 Å². The van der Waals surface area contributed by atoms with Crippen molar-refractivity contribution < 1.29 is 26.3 Å². The van der Waals surface area contributed by atoms with Crippen LogP contribution in [-0.2, 0) is 9.59 Å². The zero-order chi connectivity index (χ0) is 39.7. The maximum absolute atomic E-state index is 11.5. The predicted octanol–water partition coefficient (Wildman–Crippen LogP) is 12.2. The van der Waals surface area contributed by atoms with Gasteiger partial charge in [-0.05, 0) is 228 Å². The maximum atomic E-state index is 11.5. The van der Waals surface area contributed by atoms with Gasteiger partial charge >= 0.3 is 5.97 Å². The highest BCUT2D eigenvalue weighted by molar-refractivity contribution is 5.75. The van der Waals surface area contributed by atoms with E-state index in [0.29, 0.717) is 70.4 Å². The number of carboxylic acid groups (broad SMARTS) is 1. The molecule has 0 aromatic carbocycles. The van der Waals surface area contributed by atoms with Crippen molar-refractivity contribution in [2.24, 2.45) is 92.7 Å². The minimum atomic E-state index is -1.20. The lowest BCUT2D eigenvalue weighted by atomic mass is 9.44. The number of fused-ring (bicyclic) bond motifs is 10. The molecule has 0 radical (unpaired) electrons. The van der Waals surface area contributed by atoms with Crippen LogP contribution in [0.2, 0.25) is 0 Å². The molecule has 0 amide bonds. The van der Waals surface area contributed by atoms with Crippen molar-refractivity contribution in [2.75, 3.05) is 0 Å². The lowest BCUT2D eigenvalue weighted by Crippen LogP contribution is -2.54. The number of Topliss-reactive ketones (excluding diaryl/α,β-unsaturated/α-hetero) is 1. The number of aliphatic hydroxyl groups excluding tert-OH is 1. The van der Waals surface area contributed by atoms with Crippen molar-refractivity contribution in [3.8, 4) is 0 Å². The van der Waals surface area contributed by atoms with Gasteiger partial charge in [0, 0.05) is 12.8 Å². The second kappa shape index (κ2) is 16.6. The molecule has 0 heterocycles. The number of carbonyl (C=O) groups excluding carboxylic acids is 1. The van der Waals surface area contributed by atoms with Crippen LogP contribution in [0.25, 0.3) is 0 Å². The van der Waals surface area contributed by atoms with Crippen LogP contribution in [0.4, 0.5) is 0 Å². The van der Waals surface area contributed by atoms with Crippen LogP contribution < -0.4 is 0 Å². The van der Waals surface area contributed by atoms with E-state index in [1.165, 1.54) is 83.5 Å². The quantitative estimate of drug-likeness (QED) is 0.229. The Morgan fingerprint density at radius 1 is 0.600 bits per heavy atom.